The third kappa shape index (κ3) is 2.03. The minimum absolute atomic E-state index is 0.666. The van der Waals surface area contributed by atoms with Gasteiger partial charge >= 0.3 is 0 Å². The largest absolute Gasteiger partial charge is 0.382 e. The summed E-state index contributed by atoms with van der Waals surface area (Å²) in [5, 5.41) is 5.68. The van der Waals surface area contributed by atoms with Crippen molar-refractivity contribution in [3.8, 4) is 5.69 Å². The Bertz CT molecular complexity index is 838. The lowest BCUT2D eigenvalue weighted by Gasteiger charge is -2.14. The van der Waals surface area contributed by atoms with E-state index in [0.717, 1.165) is 33.9 Å². The van der Waals surface area contributed by atoms with Crippen LogP contribution in [0, 0.1) is 0 Å². The summed E-state index contributed by atoms with van der Waals surface area (Å²) in [5.74, 6) is 0.666. The van der Waals surface area contributed by atoms with Crippen LogP contribution in [0.4, 0.5) is 5.82 Å². The van der Waals surface area contributed by atoms with Crippen LogP contribution in [0.2, 0.25) is 0 Å². The summed E-state index contributed by atoms with van der Waals surface area (Å²) < 4.78 is 2.97. The molecule has 2 aromatic heterocycles. The summed E-state index contributed by atoms with van der Waals surface area (Å²) in [5.41, 5.74) is 10.5. The highest BCUT2D eigenvalue weighted by molar-refractivity contribution is 9.10. The second-order valence-electron chi connectivity index (χ2n) is 5.43. The van der Waals surface area contributed by atoms with Crippen molar-refractivity contribution in [3.05, 3.63) is 46.2 Å². The molecule has 0 saturated carbocycles. The van der Waals surface area contributed by atoms with Gasteiger partial charge in [-0.15, -0.1) is 0 Å². The lowest BCUT2D eigenvalue weighted by atomic mass is 9.97. The first-order chi connectivity index (χ1) is 10.2. The fourth-order valence-electron chi connectivity index (χ4n) is 3.12. The summed E-state index contributed by atoms with van der Waals surface area (Å²) >= 11 is 3.47. The molecule has 4 nitrogen and oxygen atoms in total. The number of nitrogen functional groups attached to an aromatic ring is 1. The van der Waals surface area contributed by atoms with E-state index < -0.39 is 0 Å². The number of fused-ring (bicyclic) bond motifs is 2. The normalized spacial score (nSPS) is 14.3. The van der Waals surface area contributed by atoms with Gasteiger partial charge in [0.2, 0.25) is 0 Å². The van der Waals surface area contributed by atoms with Gasteiger partial charge in [-0.25, -0.2) is 4.68 Å². The number of hydrogen-bond acceptors (Lipinski definition) is 3. The number of aromatic nitrogens is 3. The van der Waals surface area contributed by atoms with Crippen molar-refractivity contribution in [1.29, 1.82) is 0 Å². The van der Waals surface area contributed by atoms with E-state index in [-0.39, 0.29) is 0 Å². The topological polar surface area (TPSA) is 56.7 Å². The predicted molar refractivity (Wildman–Crippen MR) is 87.6 cm³/mol. The molecule has 4 rings (SSSR count). The van der Waals surface area contributed by atoms with Gasteiger partial charge < -0.3 is 5.73 Å². The molecule has 106 valence electrons. The van der Waals surface area contributed by atoms with E-state index in [1.165, 1.54) is 24.1 Å². The van der Waals surface area contributed by atoms with Crippen molar-refractivity contribution in [1.82, 2.24) is 14.8 Å². The second kappa shape index (κ2) is 4.84. The third-order valence-electron chi connectivity index (χ3n) is 4.10. The van der Waals surface area contributed by atoms with Crippen LogP contribution in [0.25, 0.3) is 16.6 Å². The van der Waals surface area contributed by atoms with Crippen molar-refractivity contribution < 1.29 is 0 Å². The van der Waals surface area contributed by atoms with Crippen molar-refractivity contribution in [3.63, 3.8) is 0 Å². The number of halogens is 1. The fourth-order valence-corrected chi connectivity index (χ4v) is 3.46. The predicted octanol–water partition coefficient (Wildman–Crippen LogP) is 3.64. The zero-order valence-electron chi connectivity index (χ0n) is 11.5. The van der Waals surface area contributed by atoms with Crippen LogP contribution in [0.5, 0.6) is 0 Å². The first-order valence-electron chi connectivity index (χ1n) is 7.15. The van der Waals surface area contributed by atoms with Crippen LogP contribution in [-0.2, 0) is 12.8 Å². The van der Waals surface area contributed by atoms with E-state index in [1.807, 2.05) is 16.9 Å². The number of anilines is 1. The highest BCUT2D eigenvalue weighted by Crippen LogP contribution is 2.30. The SMILES string of the molecule is Nc1nn(-c2cccc3cc(Br)cnc23)c2c1CCCC2. The molecule has 0 radical (unpaired) electrons. The Hall–Kier alpha value is -1.88. The van der Waals surface area contributed by atoms with Crippen LogP contribution >= 0.6 is 15.9 Å². The molecule has 2 heterocycles. The third-order valence-corrected chi connectivity index (χ3v) is 4.53. The molecule has 0 amide bonds. The molecule has 3 aromatic rings. The molecule has 5 heteroatoms. The Labute approximate surface area is 131 Å². The number of rotatable bonds is 1. The quantitative estimate of drug-likeness (QED) is 0.734. The highest BCUT2D eigenvalue weighted by atomic mass is 79.9. The van der Waals surface area contributed by atoms with Crippen LogP contribution in [-0.4, -0.2) is 14.8 Å². The number of para-hydroxylation sites is 1. The van der Waals surface area contributed by atoms with Gasteiger partial charge in [-0.1, -0.05) is 12.1 Å². The smallest absolute Gasteiger partial charge is 0.149 e. The van der Waals surface area contributed by atoms with Gasteiger partial charge in [-0.05, 0) is 53.7 Å². The standard InChI is InChI=1S/C16H15BrN4/c17-11-8-10-4-3-7-14(15(10)19-9-11)21-13-6-2-1-5-12(13)16(18)20-21/h3-4,7-9H,1-2,5-6H2,(H2,18,20). The molecule has 0 spiro atoms. The van der Waals surface area contributed by atoms with Crippen molar-refractivity contribution >= 4 is 32.7 Å². The van der Waals surface area contributed by atoms with Crippen LogP contribution in [0.1, 0.15) is 24.1 Å². The summed E-state index contributed by atoms with van der Waals surface area (Å²) in [4.78, 5) is 4.57. The van der Waals surface area contributed by atoms with Gasteiger partial charge in [-0.2, -0.15) is 5.10 Å². The molecule has 0 fully saturated rings. The number of pyridine rings is 1. The molecule has 0 atom stereocenters. The molecular weight excluding hydrogens is 328 g/mol. The Morgan fingerprint density at radius 3 is 2.95 bits per heavy atom. The van der Waals surface area contributed by atoms with Crippen molar-refractivity contribution in [2.45, 2.75) is 25.7 Å². The monoisotopic (exact) mass is 342 g/mol. The fraction of sp³-hybridized carbons (Fsp3) is 0.250. The number of hydrogen-bond donors (Lipinski definition) is 1. The maximum absolute atomic E-state index is 6.11. The Balaban J connectivity index is 1.99. The lowest BCUT2D eigenvalue weighted by molar-refractivity contribution is 0.654. The summed E-state index contributed by atoms with van der Waals surface area (Å²) in [6.45, 7) is 0. The molecule has 0 bridgehead atoms. The summed E-state index contributed by atoms with van der Waals surface area (Å²) in [6.07, 6.45) is 6.29. The number of nitrogens with two attached hydrogens (primary N) is 1. The Kier molecular flexibility index (Phi) is 2.96. The van der Waals surface area contributed by atoms with Gasteiger partial charge in [0.1, 0.15) is 5.82 Å². The molecule has 1 aromatic carbocycles. The zero-order valence-corrected chi connectivity index (χ0v) is 13.1. The van der Waals surface area contributed by atoms with Crippen molar-refractivity contribution in [2.24, 2.45) is 0 Å². The van der Waals surface area contributed by atoms with E-state index in [4.69, 9.17) is 5.73 Å². The van der Waals surface area contributed by atoms with E-state index in [0.29, 0.717) is 5.82 Å². The van der Waals surface area contributed by atoms with E-state index in [9.17, 15) is 0 Å². The average molecular weight is 343 g/mol. The number of benzene rings is 1. The van der Waals surface area contributed by atoms with Crippen LogP contribution in [0.3, 0.4) is 0 Å². The van der Waals surface area contributed by atoms with Gasteiger partial charge in [-0.3, -0.25) is 4.98 Å². The minimum Gasteiger partial charge on any atom is -0.382 e. The maximum atomic E-state index is 6.11. The minimum atomic E-state index is 0.666. The molecular formula is C16H15BrN4. The van der Waals surface area contributed by atoms with Crippen molar-refractivity contribution in [2.75, 3.05) is 5.73 Å². The van der Waals surface area contributed by atoms with E-state index in [1.54, 1.807) is 0 Å². The van der Waals surface area contributed by atoms with Crippen LogP contribution in [0.15, 0.2) is 34.9 Å². The molecule has 21 heavy (non-hydrogen) atoms. The zero-order chi connectivity index (χ0) is 14.4. The van der Waals surface area contributed by atoms with Gasteiger partial charge in [0.15, 0.2) is 0 Å². The van der Waals surface area contributed by atoms with Crippen LogP contribution < -0.4 is 5.73 Å². The molecule has 1 aliphatic carbocycles. The molecule has 0 aliphatic heterocycles. The van der Waals surface area contributed by atoms with E-state index in [2.05, 4.69) is 44.2 Å². The summed E-state index contributed by atoms with van der Waals surface area (Å²) in [6, 6.07) is 8.24. The average Bonchev–Trinajstić information content (AvgIpc) is 2.84. The Morgan fingerprint density at radius 2 is 2.05 bits per heavy atom. The maximum Gasteiger partial charge on any atom is 0.149 e. The lowest BCUT2D eigenvalue weighted by Crippen LogP contribution is -2.08. The first-order valence-corrected chi connectivity index (χ1v) is 7.94. The molecule has 1 aliphatic rings. The van der Waals surface area contributed by atoms with Gasteiger partial charge in [0.25, 0.3) is 0 Å². The molecule has 0 unspecified atom stereocenters. The number of nitrogens with zero attached hydrogens (tertiary/aromatic N) is 3. The summed E-state index contributed by atoms with van der Waals surface area (Å²) in [7, 11) is 0. The van der Waals surface area contributed by atoms with Gasteiger partial charge in [0, 0.05) is 27.3 Å². The Morgan fingerprint density at radius 1 is 1.19 bits per heavy atom. The molecule has 2 N–H and O–H groups in total. The first kappa shape index (κ1) is 12.8. The highest BCUT2D eigenvalue weighted by Gasteiger charge is 2.21. The second-order valence-corrected chi connectivity index (χ2v) is 6.35. The van der Waals surface area contributed by atoms with Gasteiger partial charge in [0.05, 0.1) is 11.2 Å². The van der Waals surface area contributed by atoms with E-state index >= 15 is 0 Å². The molecule has 0 saturated heterocycles.